The van der Waals surface area contributed by atoms with Crippen LogP contribution in [0.15, 0.2) is 12.1 Å². The second kappa shape index (κ2) is 6.60. The van der Waals surface area contributed by atoms with E-state index >= 15 is 0 Å². The summed E-state index contributed by atoms with van der Waals surface area (Å²) in [6.07, 6.45) is 1.91. The van der Waals surface area contributed by atoms with E-state index < -0.39 is 5.54 Å². The van der Waals surface area contributed by atoms with Gasteiger partial charge in [0.15, 0.2) is 0 Å². The van der Waals surface area contributed by atoms with Crippen LogP contribution in [-0.2, 0) is 6.42 Å². The van der Waals surface area contributed by atoms with E-state index in [1.807, 2.05) is 25.1 Å². The molecule has 0 aliphatic carbocycles. The Labute approximate surface area is 115 Å². The Balaban J connectivity index is 2.95. The lowest BCUT2D eigenvalue weighted by molar-refractivity contribution is 0.263. The molecule has 1 atom stereocenters. The summed E-state index contributed by atoms with van der Waals surface area (Å²) in [4.78, 5) is 0. The second-order valence-electron chi connectivity index (χ2n) is 4.96. The first kappa shape index (κ1) is 15.6. The number of nitriles is 1. The van der Waals surface area contributed by atoms with Crippen LogP contribution in [0, 0.1) is 18.3 Å². The standard InChI is InChI=1S/C14H20BN2O2/c1-4-5-11-6-7-12(10(2)13(11)15-18)19-9-14(3,17)8-16/h6-7,18H,4-5,9,17H2,1-3H3. The van der Waals surface area contributed by atoms with Crippen molar-refractivity contribution in [2.75, 3.05) is 6.61 Å². The maximum absolute atomic E-state index is 9.37. The molecule has 3 N–H and O–H groups in total. The number of hydrogen-bond acceptors (Lipinski definition) is 4. The van der Waals surface area contributed by atoms with E-state index in [4.69, 9.17) is 15.7 Å². The number of hydrogen-bond donors (Lipinski definition) is 2. The smallest absolute Gasteiger partial charge is 0.327 e. The molecular weight excluding hydrogens is 239 g/mol. The largest absolute Gasteiger partial charge is 0.490 e. The molecule has 0 saturated heterocycles. The van der Waals surface area contributed by atoms with E-state index in [0.29, 0.717) is 5.75 Å². The topological polar surface area (TPSA) is 79.3 Å². The molecule has 0 heterocycles. The van der Waals surface area contributed by atoms with Crippen LogP contribution >= 0.6 is 0 Å². The number of nitrogens with two attached hydrogens (primary N) is 1. The Hall–Kier alpha value is -1.51. The highest BCUT2D eigenvalue weighted by atomic mass is 16.5. The highest BCUT2D eigenvalue weighted by molar-refractivity contribution is 6.47. The maximum atomic E-state index is 9.37. The van der Waals surface area contributed by atoms with Crippen molar-refractivity contribution in [3.8, 4) is 11.8 Å². The van der Waals surface area contributed by atoms with E-state index in [-0.39, 0.29) is 6.61 Å². The quantitative estimate of drug-likeness (QED) is 0.741. The third kappa shape index (κ3) is 3.98. The molecule has 0 amide bonds. The lowest BCUT2D eigenvalue weighted by atomic mass is 9.79. The average Bonchev–Trinajstić information content (AvgIpc) is 2.38. The molecular formula is C14H20BN2O2. The number of nitrogens with zero attached hydrogens (tertiary/aromatic N) is 1. The molecule has 5 heteroatoms. The monoisotopic (exact) mass is 259 g/mol. The number of benzene rings is 1. The molecule has 1 rings (SSSR count). The van der Waals surface area contributed by atoms with E-state index in [0.717, 1.165) is 36.9 Å². The van der Waals surface area contributed by atoms with Gasteiger partial charge in [-0.25, -0.2) is 0 Å². The maximum Gasteiger partial charge on any atom is 0.327 e. The van der Waals surface area contributed by atoms with E-state index in [1.165, 1.54) is 0 Å². The molecule has 1 radical (unpaired) electrons. The average molecular weight is 259 g/mol. The normalized spacial score (nSPS) is 13.5. The van der Waals surface area contributed by atoms with Gasteiger partial charge in [0, 0.05) is 0 Å². The SMILES string of the molecule is CCCc1ccc(OCC(C)(N)C#N)c(C)c1[B]O. The van der Waals surface area contributed by atoms with Crippen molar-refractivity contribution in [3.63, 3.8) is 0 Å². The zero-order valence-corrected chi connectivity index (χ0v) is 11.7. The van der Waals surface area contributed by atoms with E-state index in [2.05, 4.69) is 6.92 Å². The van der Waals surface area contributed by atoms with Gasteiger partial charge in [0.05, 0.1) is 6.07 Å². The number of rotatable bonds is 6. The minimum atomic E-state index is -1.02. The first-order valence-corrected chi connectivity index (χ1v) is 6.38. The fraction of sp³-hybridized carbons (Fsp3) is 0.500. The summed E-state index contributed by atoms with van der Waals surface area (Å²) in [5, 5.41) is 18.2. The van der Waals surface area contributed by atoms with Gasteiger partial charge in [-0.05, 0) is 37.4 Å². The predicted molar refractivity (Wildman–Crippen MR) is 76.5 cm³/mol. The highest BCUT2D eigenvalue weighted by Crippen LogP contribution is 2.19. The van der Waals surface area contributed by atoms with Crippen molar-refractivity contribution in [2.45, 2.75) is 39.2 Å². The second-order valence-corrected chi connectivity index (χ2v) is 4.96. The minimum Gasteiger partial charge on any atom is -0.490 e. The lowest BCUT2D eigenvalue weighted by Crippen LogP contribution is -2.41. The molecule has 1 aromatic carbocycles. The Bertz CT molecular complexity index is 481. The molecule has 0 fully saturated rings. The van der Waals surface area contributed by atoms with Crippen LogP contribution in [0.25, 0.3) is 0 Å². The molecule has 0 bridgehead atoms. The summed E-state index contributed by atoms with van der Waals surface area (Å²) in [7, 11) is 1.11. The summed E-state index contributed by atoms with van der Waals surface area (Å²) in [5.41, 5.74) is 7.44. The van der Waals surface area contributed by atoms with Gasteiger partial charge < -0.3 is 15.5 Å². The Kier molecular flexibility index (Phi) is 5.40. The van der Waals surface area contributed by atoms with Gasteiger partial charge in [0.1, 0.15) is 17.9 Å². The molecule has 4 nitrogen and oxygen atoms in total. The first-order chi connectivity index (χ1) is 8.95. The molecule has 0 saturated carbocycles. The van der Waals surface area contributed by atoms with Gasteiger partial charge in [-0.2, -0.15) is 5.26 Å². The zero-order chi connectivity index (χ0) is 14.5. The van der Waals surface area contributed by atoms with Crippen molar-refractivity contribution >= 4 is 12.9 Å². The fourth-order valence-corrected chi connectivity index (χ4v) is 1.85. The minimum absolute atomic E-state index is 0.113. The van der Waals surface area contributed by atoms with Crippen molar-refractivity contribution in [1.29, 1.82) is 5.26 Å². The van der Waals surface area contributed by atoms with Crippen LogP contribution in [0.2, 0.25) is 0 Å². The van der Waals surface area contributed by atoms with Crippen LogP contribution in [-0.4, -0.2) is 24.7 Å². The molecule has 19 heavy (non-hydrogen) atoms. The first-order valence-electron chi connectivity index (χ1n) is 6.38. The van der Waals surface area contributed by atoms with Crippen LogP contribution < -0.4 is 15.9 Å². The number of aryl methyl sites for hydroxylation is 1. The van der Waals surface area contributed by atoms with Crippen molar-refractivity contribution in [3.05, 3.63) is 23.3 Å². The highest BCUT2D eigenvalue weighted by Gasteiger charge is 2.19. The predicted octanol–water partition coefficient (Wildman–Crippen LogP) is 0.804. The summed E-state index contributed by atoms with van der Waals surface area (Å²) in [6, 6.07) is 5.79. The summed E-state index contributed by atoms with van der Waals surface area (Å²) in [6.45, 7) is 5.71. The Morgan fingerprint density at radius 3 is 2.74 bits per heavy atom. The molecule has 101 valence electrons. The van der Waals surface area contributed by atoms with Gasteiger partial charge in [-0.15, -0.1) is 0 Å². The molecule has 1 aromatic rings. The van der Waals surface area contributed by atoms with Gasteiger partial charge in [0.25, 0.3) is 0 Å². The fourth-order valence-electron chi connectivity index (χ4n) is 1.85. The van der Waals surface area contributed by atoms with Crippen LogP contribution in [0.5, 0.6) is 5.75 Å². The summed E-state index contributed by atoms with van der Waals surface area (Å²) in [5.74, 6) is 0.645. The zero-order valence-electron chi connectivity index (χ0n) is 11.7. The van der Waals surface area contributed by atoms with Gasteiger partial charge >= 0.3 is 7.48 Å². The lowest BCUT2D eigenvalue weighted by Gasteiger charge is -2.19. The summed E-state index contributed by atoms with van der Waals surface area (Å²) < 4.78 is 5.59. The number of ether oxygens (including phenoxy) is 1. The molecule has 0 aliphatic heterocycles. The van der Waals surface area contributed by atoms with E-state index in [1.54, 1.807) is 6.92 Å². The molecule has 1 unspecified atom stereocenters. The van der Waals surface area contributed by atoms with Crippen LogP contribution in [0.3, 0.4) is 0 Å². The van der Waals surface area contributed by atoms with Gasteiger partial charge in [-0.3, -0.25) is 0 Å². The Morgan fingerprint density at radius 1 is 1.53 bits per heavy atom. The molecule has 0 aliphatic rings. The molecule has 0 aromatic heterocycles. The van der Waals surface area contributed by atoms with Gasteiger partial charge in [0.2, 0.25) is 0 Å². The van der Waals surface area contributed by atoms with Gasteiger partial charge in [-0.1, -0.05) is 25.0 Å². The van der Waals surface area contributed by atoms with Crippen molar-refractivity contribution in [2.24, 2.45) is 5.73 Å². The summed E-state index contributed by atoms with van der Waals surface area (Å²) >= 11 is 0. The van der Waals surface area contributed by atoms with Crippen molar-refractivity contribution in [1.82, 2.24) is 0 Å². The van der Waals surface area contributed by atoms with Crippen LogP contribution in [0.4, 0.5) is 0 Å². The Morgan fingerprint density at radius 2 is 2.21 bits per heavy atom. The van der Waals surface area contributed by atoms with E-state index in [9.17, 15) is 5.02 Å². The molecule has 0 spiro atoms. The third-order valence-electron chi connectivity index (χ3n) is 2.99. The van der Waals surface area contributed by atoms with Crippen LogP contribution in [0.1, 0.15) is 31.4 Å². The van der Waals surface area contributed by atoms with Crippen molar-refractivity contribution < 1.29 is 9.76 Å². The third-order valence-corrected chi connectivity index (χ3v) is 2.99.